The van der Waals surface area contributed by atoms with Crippen molar-refractivity contribution in [1.29, 1.82) is 0 Å². The predicted molar refractivity (Wildman–Crippen MR) is 106 cm³/mol. The summed E-state index contributed by atoms with van der Waals surface area (Å²) in [6.45, 7) is 8.91. The fraction of sp³-hybridized carbons (Fsp3) is 0.400. The Hall–Kier alpha value is -3.16. The third-order valence-electron chi connectivity index (χ3n) is 4.92. The first-order valence-corrected chi connectivity index (χ1v) is 9.39. The van der Waals surface area contributed by atoms with Crippen molar-refractivity contribution in [2.45, 2.75) is 26.2 Å². The number of fused-ring (bicyclic) bond motifs is 1. The van der Waals surface area contributed by atoms with Gasteiger partial charge in [-0.15, -0.1) is 15.3 Å². The Balaban J connectivity index is 1.49. The van der Waals surface area contributed by atoms with Gasteiger partial charge in [-0.2, -0.15) is 4.52 Å². The molecule has 1 aromatic carbocycles. The minimum absolute atomic E-state index is 0.0168. The van der Waals surface area contributed by atoms with Gasteiger partial charge < -0.3 is 14.9 Å². The molecule has 0 bridgehead atoms. The van der Waals surface area contributed by atoms with Gasteiger partial charge in [0.25, 0.3) is 5.91 Å². The average Bonchev–Trinajstić information content (AvgIpc) is 3.12. The zero-order valence-electron chi connectivity index (χ0n) is 16.3. The molecule has 0 aliphatic carbocycles. The highest BCUT2D eigenvalue weighted by atomic mass is 16.3. The zero-order valence-corrected chi connectivity index (χ0v) is 16.3. The molecule has 1 N–H and O–H groups in total. The maximum absolute atomic E-state index is 12.6. The normalized spacial score (nSPS) is 15.2. The van der Waals surface area contributed by atoms with Crippen molar-refractivity contribution >= 4 is 17.4 Å². The Morgan fingerprint density at radius 2 is 1.64 bits per heavy atom. The molecular weight excluding hydrogens is 356 g/mol. The molecule has 3 aromatic rings. The van der Waals surface area contributed by atoms with Gasteiger partial charge in [-0.3, -0.25) is 4.79 Å². The number of benzene rings is 1. The summed E-state index contributed by atoms with van der Waals surface area (Å²) in [7, 11) is 0. The average molecular weight is 380 g/mol. The van der Waals surface area contributed by atoms with Crippen molar-refractivity contribution in [2.24, 2.45) is 0 Å². The molecule has 0 atom stereocenters. The largest absolute Gasteiger partial charge is 0.508 e. The van der Waals surface area contributed by atoms with Crippen molar-refractivity contribution in [3.8, 4) is 5.75 Å². The second-order valence-corrected chi connectivity index (χ2v) is 8.06. The molecule has 1 saturated heterocycles. The van der Waals surface area contributed by atoms with Gasteiger partial charge in [-0.25, -0.2) is 0 Å². The number of aromatic nitrogens is 4. The molecule has 0 spiro atoms. The number of piperazine rings is 1. The molecule has 1 aliphatic rings. The van der Waals surface area contributed by atoms with Crippen LogP contribution in [-0.4, -0.2) is 61.9 Å². The number of phenols is 1. The molecular formula is C20H24N6O2. The summed E-state index contributed by atoms with van der Waals surface area (Å²) in [5, 5.41) is 22.6. The number of carbonyl (C=O) groups excluding carboxylic acids is 1. The lowest BCUT2D eigenvalue weighted by atomic mass is 9.96. The molecule has 0 radical (unpaired) electrons. The number of carbonyl (C=O) groups is 1. The molecule has 28 heavy (non-hydrogen) atoms. The minimum Gasteiger partial charge on any atom is -0.508 e. The highest BCUT2D eigenvalue weighted by molar-refractivity contribution is 5.94. The Bertz CT molecular complexity index is 998. The van der Waals surface area contributed by atoms with E-state index < -0.39 is 0 Å². The lowest BCUT2D eigenvalue weighted by Gasteiger charge is -2.35. The first kappa shape index (κ1) is 18.2. The lowest BCUT2D eigenvalue weighted by molar-refractivity contribution is 0.0746. The number of amides is 1. The number of hydrogen-bond acceptors (Lipinski definition) is 6. The quantitative estimate of drug-likeness (QED) is 0.733. The van der Waals surface area contributed by atoms with Gasteiger partial charge in [0.05, 0.1) is 0 Å². The second-order valence-electron chi connectivity index (χ2n) is 8.06. The van der Waals surface area contributed by atoms with E-state index in [-0.39, 0.29) is 17.1 Å². The van der Waals surface area contributed by atoms with Crippen LogP contribution in [0.15, 0.2) is 36.4 Å². The van der Waals surface area contributed by atoms with Crippen LogP contribution in [0.5, 0.6) is 5.75 Å². The van der Waals surface area contributed by atoms with Gasteiger partial charge in [0, 0.05) is 37.2 Å². The van der Waals surface area contributed by atoms with Crippen molar-refractivity contribution in [1.82, 2.24) is 24.7 Å². The summed E-state index contributed by atoms with van der Waals surface area (Å²) >= 11 is 0. The first-order valence-electron chi connectivity index (χ1n) is 9.39. The maximum atomic E-state index is 12.6. The second kappa shape index (κ2) is 6.78. The maximum Gasteiger partial charge on any atom is 0.253 e. The molecule has 2 aromatic heterocycles. The van der Waals surface area contributed by atoms with Crippen LogP contribution in [-0.2, 0) is 5.41 Å². The van der Waals surface area contributed by atoms with Crippen molar-refractivity contribution in [3.05, 3.63) is 47.8 Å². The molecule has 0 unspecified atom stereocenters. The smallest absolute Gasteiger partial charge is 0.253 e. The number of phenolic OH excluding ortho intramolecular Hbond substituents is 1. The third kappa shape index (κ3) is 3.37. The molecule has 1 fully saturated rings. The van der Waals surface area contributed by atoms with E-state index in [2.05, 4.69) is 35.9 Å². The Kier molecular flexibility index (Phi) is 4.41. The molecule has 1 aliphatic heterocycles. The number of nitrogens with zero attached hydrogens (tertiary/aromatic N) is 6. The van der Waals surface area contributed by atoms with Crippen LogP contribution in [0.1, 0.15) is 37.0 Å². The summed E-state index contributed by atoms with van der Waals surface area (Å²) in [6, 6.07) is 10.3. The summed E-state index contributed by atoms with van der Waals surface area (Å²) in [4.78, 5) is 16.6. The summed E-state index contributed by atoms with van der Waals surface area (Å²) < 4.78 is 1.81. The first-order chi connectivity index (χ1) is 13.3. The van der Waals surface area contributed by atoms with E-state index in [0.717, 1.165) is 17.3 Å². The van der Waals surface area contributed by atoms with E-state index in [9.17, 15) is 9.90 Å². The number of rotatable bonds is 2. The van der Waals surface area contributed by atoms with Gasteiger partial charge in [0.15, 0.2) is 11.5 Å². The molecule has 0 saturated carbocycles. The van der Waals surface area contributed by atoms with Crippen molar-refractivity contribution in [2.75, 3.05) is 31.1 Å². The van der Waals surface area contributed by atoms with Crippen molar-refractivity contribution in [3.63, 3.8) is 0 Å². The van der Waals surface area contributed by atoms with E-state index in [0.29, 0.717) is 31.7 Å². The lowest BCUT2D eigenvalue weighted by Crippen LogP contribution is -2.49. The van der Waals surface area contributed by atoms with E-state index in [4.69, 9.17) is 5.10 Å². The zero-order chi connectivity index (χ0) is 19.9. The van der Waals surface area contributed by atoms with Crippen LogP contribution in [0, 0.1) is 0 Å². The number of anilines is 1. The summed E-state index contributed by atoms with van der Waals surface area (Å²) in [5.74, 6) is 1.82. The fourth-order valence-corrected chi connectivity index (χ4v) is 3.34. The van der Waals surface area contributed by atoms with Crippen LogP contribution < -0.4 is 4.90 Å². The van der Waals surface area contributed by atoms with Gasteiger partial charge in [-0.1, -0.05) is 20.8 Å². The van der Waals surface area contributed by atoms with Crippen LogP contribution >= 0.6 is 0 Å². The molecule has 146 valence electrons. The third-order valence-corrected chi connectivity index (χ3v) is 4.92. The number of hydrogen-bond donors (Lipinski definition) is 1. The predicted octanol–water partition coefficient (Wildman–Crippen LogP) is 2.09. The molecule has 8 nitrogen and oxygen atoms in total. The highest BCUT2D eigenvalue weighted by Gasteiger charge is 2.25. The van der Waals surface area contributed by atoms with E-state index in [1.165, 1.54) is 12.1 Å². The fourth-order valence-electron chi connectivity index (χ4n) is 3.34. The standard InChI is InChI=1S/C20H24N6O2/c1-20(2,3)19-22-21-16-8-9-17(23-26(16)19)24-10-12-25(13-11-24)18(28)14-4-6-15(27)7-5-14/h4-9,27H,10-13H2,1-3H3. The van der Waals surface area contributed by atoms with Crippen LogP contribution in [0.2, 0.25) is 0 Å². The Labute approximate surface area is 163 Å². The Morgan fingerprint density at radius 1 is 0.964 bits per heavy atom. The topological polar surface area (TPSA) is 86.9 Å². The van der Waals surface area contributed by atoms with Crippen LogP contribution in [0.3, 0.4) is 0 Å². The molecule has 1 amide bonds. The SMILES string of the molecule is CC(C)(C)c1nnc2ccc(N3CCN(C(=O)c4ccc(O)cc4)CC3)nn12. The summed E-state index contributed by atoms with van der Waals surface area (Å²) in [5.41, 5.74) is 1.17. The molecule has 4 rings (SSSR count). The van der Waals surface area contributed by atoms with Gasteiger partial charge in [0.2, 0.25) is 0 Å². The monoisotopic (exact) mass is 380 g/mol. The van der Waals surface area contributed by atoms with Gasteiger partial charge in [0.1, 0.15) is 11.6 Å². The Morgan fingerprint density at radius 3 is 2.29 bits per heavy atom. The van der Waals surface area contributed by atoms with Gasteiger partial charge in [-0.05, 0) is 36.4 Å². The van der Waals surface area contributed by atoms with Crippen LogP contribution in [0.4, 0.5) is 5.82 Å². The summed E-state index contributed by atoms with van der Waals surface area (Å²) in [6.07, 6.45) is 0. The minimum atomic E-state index is -0.153. The number of aromatic hydroxyl groups is 1. The molecule has 8 heteroatoms. The molecule has 3 heterocycles. The van der Waals surface area contributed by atoms with E-state index >= 15 is 0 Å². The van der Waals surface area contributed by atoms with Gasteiger partial charge >= 0.3 is 0 Å². The van der Waals surface area contributed by atoms with Crippen molar-refractivity contribution < 1.29 is 9.90 Å². The van der Waals surface area contributed by atoms with E-state index in [1.54, 1.807) is 12.1 Å². The van der Waals surface area contributed by atoms with E-state index in [1.807, 2.05) is 21.5 Å². The van der Waals surface area contributed by atoms with Crippen LogP contribution in [0.25, 0.3) is 5.65 Å². The highest BCUT2D eigenvalue weighted by Crippen LogP contribution is 2.22.